The largest absolute Gasteiger partial charge is 0.493 e. The predicted octanol–water partition coefficient (Wildman–Crippen LogP) is 3.40. The molecule has 8 heteroatoms. The molecule has 1 aliphatic heterocycles. The molecule has 0 saturated heterocycles. The quantitative estimate of drug-likeness (QED) is 0.520. The van der Waals surface area contributed by atoms with Crippen LogP contribution in [0.5, 0.6) is 5.75 Å². The van der Waals surface area contributed by atoms with E-state index in [1.165, 1.54) is 24.3 Å². The Kier molecular flexibility index (Phi) is 5.53. The molecule has 3 rings (SSSR count). The number of benzene rings is 2. The van der Waals surface area contributed by atoms with Crippen molar-refractivity contribution in [2.24, 2.45) is 0 Å². The molecule has 0 N–H and O–H groups in total. The highest BCUT2D eigenvalue weighted by atomic mass is 32.2. The van der Waals surface area contributed by atoms with E-state index in [0.29, 0.717) is 23.5 Å². The van der Waals surface area contributed by atoms with Gasteiger partial charge in [-0.15, -0.1) is 9.35 Å². The number of amides is 2. The van der Waals surface area contributed by atoms with Crippen molar-refractivity contribution < 1.29 is 27.0 Å². The van der Waals surface area contributed by atoms with Crippen molar-refractivity contribution in [3.8, 4) is 5.75 Å². The van der Waals surface area contributed by atoms with Crippen LogP contribution in [-0.4, -0.2) is 31.9 Å². The maximum Gasteiger partial charge on any atom is 0.318 e. The molecule has 0 aliphatic carbocycles. The van der Waals surface area contributed by atoms with Crippen LogP contribution in [-0.2, 0) is 14.4 Å². The fraction of sp³-hybridized carbons (Fsp3) is 0.300. The Balaban J connectivity index is 1.86. The van der Waals surface area contributed by atoms with Gasteiger partial charge in [0.05, 0.1) is 22.6 Å². The fourth-order valence-electron chi connectivity index (χ4n) is 2.98. The van der Waals surface area contributed by atoms with Gasteiger partial charge < -0.3 is 4.74 Å². The number of aryl methyl sites for hydroxylation is 2. The summed E-state index contributed by atoms with van der Waals surface area (Å²) in [5.74, 6) is -0.998. The van der Waals surface area contributed by atoms with Gasteiger partial charge in [0.25, 0.3) is 11.8 Å². The third-order valence-electron chi connectivity index (χ3n) is 4.40. The molecule has 0 unspecified atom stereocenters. The van der Waals surface area contributed by atoms with Gasteiger partial charge in [0.2, 0.25) is 0 Å². The summed E-state index contributed by atoms with van der Waals surface area (Å²) in [4.78, 5) is 24.5. The molecule has 0 aromatic heterocycles. The molecule has 0 fully saturated rings. The molecule has 1 heterocycles. The normalized spacial score (nSPS) is 13.8. The number of nitrogens with zero attached hydrogens (tertiary/aromatic N) is 1. The highest BCUT2D eigenvalue weighted by Gasteiger charge is 2.40. The summed E-state index contributed by atoms with van der Waals surface area (Å²) in [6.45, 7) is 6.05. The fourth-order valence-corrected chi connectivity index (χ4v) is 4.04. The van der Waals surface area contributed by atoms with Gasteiger partial charge in [-0.25, -0.2) is 0 Å². The van der Waals surface area contributed by atoms with Crippen LogP contribution >= 0.6 is 0 Å². The summed E-state index contributed by atoms with van der Waals surface area (Å²) in [6.07, 6.45) is 1.88. The molecule has 0 saturated carbocycles. The molecular formula is C20H21NO6S. The minimum Gasteiger partial charge on any atom is -0.493 e. The topological polar surface area (TPSA) is 90.0 Å². The Labute approximate surface area is 164 Å². The summed E-state index contributed by atoms with van der Waals surface area (Å²) in [7, 11) is -4.39. The smallest absolute Gasteiger partial charge is 0.318 e. The van der Waals surface area contributed by atoms with Crippen molar-refractivity contribution in [1.29, 1.82) is 0 Å². The van der Waals surface area contributed by atoms with Crippen LogP contribution in [0.3, 0.4) is 0 Å². The SMILES string of the molecule is CCCCOc1c(C)cc(S(=O)(=O)ON2C(=O)c3ccccc3C2=O)cc1C. The molecule has 1 aliphatic rings. The van der Waals surface area contributed by atoms with E-state index in [1.54, 1.807) is 26.0 Å². The Morgan fingerprint density at radius 3 is 2.00 bits per heavy atom. The van der Waals surface area contributed by atoms with Crippen LogP contribution in [0.1, 0.15) is 51.6 Å². The van der Waals surface area contributed by atoms with Crippen molar-refractivity contribution in [3.63, 3.8) is 0 Å². The van der Waals surface area contributed by atoms with E-state index < -0.39 is 21.9 Å². The molecule has 7 nitrogen and oxygen atoms in total. The van der Waals surface area contributed by atoms with Crippen LogP contribution < -0.4 is 4.74 Å². The highest BCUT2D eigenvalue weighted by molar-refractivity contribution is 7.86. The zero-order valence-electron chi connectivity index (χ0n) is 15.9. The van der Waals surface area contributed by atoms with Crippen molar-refractivity contribution in [3.05, 3.63) is 58.7 Å². The van der Waals surface area contributed by atoms with E-state index >= 15 is 0 Å². The predicted molar refractivity (Wildman–Crippen MR) is 102 cm³/mol. The number of carbonyl (C=O) groups is 2. The van der Waals surface area contributed by atoms with Crippen LogP contribution in [0, 0.1) is 13.8 Å². The maximum atomic E-state index is 12.7. The first-order valence-corrected chi connectivity index (χ1v) is 10.3. The molecule has 0 atom stereocenters. The van der Waals surface area contributed by atoms with E-state index in [1.807, 2.05) is 0 Å². The maximum absolute atomic E-state index is 12.7. The second-order valence-corrected chi connectivity index (χ2v) is 8.10. The van der Waals surface area contributed by atoms with Gasteiger partial charge in [-0.05, 0) is 55.7 Å². The number of carbonyl (C=O) groups excluding carboxylic acids is 2. The van der Waals surface area contributed by atoms with E-state index in [-0.39, 0.29) is 21.1 Å². The van der Waals surface area contributed by atoms with Gasteiger partial charge in [-0.2, -0.15) is 8.42 Å². The lowest BCUT2D eigenvalue weighted by Crippen LogP contribution is -2.32. The Hall–Kier alpha value is -2.71. The van der Waals surface area contributed by atoms with Crippen LogP contribution in [0.15, 0.2) is 41.3 Å². The van der Waals surface area contributed by atoms with Gasteiger partial charge in [-0.3, -0.25) is 9.59 Å². The summed E-state index contributed by atoms with van der Waals surface area (Å²) < 4.78 is 36.0. The number of ether oxygens (including phenoxy) is 1. The standard InChI is InChI=1S/C20H21NO6S/c1-4-5-10-26-18-13(2)11-15(12-14(18)3)28(24,25)27-21-19(22)16-8-6-7-9-17(16)20(21)23/h6-9,11-12H,4-5,10H2,1-3H3. The van der Waals surface area contributed by atoms with Crippen molar-refractivity contribution in [2.45, 2.75) is 38.5 Å². The second-order valence-electron chi connectivity index (χ2n) is 6.57. The van der Waals surface area contributed by atoms with Gasteiger partial charge in [-0.1, -0.05) is 25.5 Å². The average Bonchev–Trinajstić information content (AvgIpc) is 2.89. The average molecular weight is 403 g/mol. The van der Waals surface area contributed by atoms with Gasteiger partial charge in [0.15, 0.2) is 0 Å². The molecular weight excluding hydrogens is 382 g/mol. The summed E-state index contributed by atoms with van der Waals surface area (Å²) in [6, 6.07) is 8.88. The Morgan fingerprint density at radius 2 is 1.50 bits per heavy atom. The summed E-state index contributed by atoms with van der Waals surface area (Å²) >= 11 is 0. The van der Waals surface area contributed by atoms with Crippen molar-refractivity contribution in [1.82, 2.24) is 5.06 Å². The Bertz CT molecular complexity index is 986. The van der Waals surface area contributed by atoms with Crippen LogP contribution in [0.4, 0.5) is 0 Å². The molecule has 0 radical (unpaired) electrons. The summed E-state index contributed by atoms with van der Waals surface area (Å²) in [5.41, 5.74) is 1.46. The van der Waals surface area contributed by atoms with E-state index in [0.717, 1.165) is 12.8 Å². The monoisotopic (exact) mass is 403 g/mol. The number of fused-ring (bicyclic) bond motifs is 1. The van der Waals surface area contributed by atoms with Gasteiger partial charge in [0, 0.05) is 0 Å². The lowest BCUT2D eigenvalue weighted by atomic mass is 10.1. The van der Waals surface area contributed by atoms with Crippen molar-refractivity contribution >= 4 is 21.9 Å². The zero-order chi connectivity index (χ0) is 20.5. The van der Waals surface area contributed by atoms with Crippen molar-refractivity contribution in [2.75, 3.05) is 6.61 Å². The Morgan fingerprint density at radius 1 is 0.964 bits per heavy atom. The lowest BCUT2D eigenvalue weighted by molar-refractivity contribution is -0.0103. The third kappa shape index (κ3) is 3.65. The molecule has 28 heavy (non-hydrogen) atoms. The first-order chi connectivity index (χ1) is 13.3. The number of hydroxylamine groups is 2. The molecule has 2 aromatic carbocycles. The summed E-state index contributed by atoms with van der Waals surface area (Å²) in [5, 5.41) is 0.288. The van der Waals surface area contributed by atoms with E-state index in [2.05, 4.69) is 6.92 Å². The minimum atomic E-state index is -4.39. The van der Waals surface area contributed by atoms with Crippen LogP contribution in [0.25, 0.3) is 0 Å². The van der Waals surface area contributed by atoms with Gasteiger partial charge in [0.1, 0.15) is 5.75 Å². The first kappa shape index (κ1) is 20.0. The lowest BCUT2D eigenvalue weighted by Gasteiger charge is -2.16. The molecule has 0 bridgehead atoms. The number of hydrogen-bond acceptors (Lipinski definition) is 6. The minimum absolute atomic E-state index is 0.106. The number of rotatable bonds is 7. The molecule has 148 valence electrons. The number of hydrogen-bond donors (Lipinski definition) is 0. The highest BCUT2D eigenvalue weighted by Crippen LogP contribution is 2.30. The van der Waals surface area contributed by atoms with Gasteiger partial charge >= 0.3 is 10.1 Å². The second kappa shape index (κ2) is 7.73. The third-order valence-corrected chi connectivity index (χ3v) is 5.55. The number of unbranched alkanes of at least 4 members (excludes halogenated alkanes) is 1. The molecule has 0 spiro atoms. The number of imide groups is 1. The van der Waals surface area contributed by atoms with Crippen LogP contribution in [0.2, 0.25) is 0 Å². The first-order valence-electron chi connectivity index (χ1n) is 8.92. The zero-order valence-corrected chi connectivity index (χ0v) is 16.7. The van der Waals surface area contributed by atoms with E-state index in [4.69, 9.17) is 9.02 Å². The molecule has 2 aromatic rings. The van der Waals surface area contributed by atoms with E-state index in [9.17, 15) is 18.0 Å². The molecule has 2 amide bonds.